The summed E-state index contributed by atoms with van der Waals surface area (Å²) in [5.41, 5.74) is -0.756. The Morgan fingerprint density at radius 2 is 1.53 bits per heavy atom. The second kappa shape index (κ2) is 3.91. The van der Waals surface area contributed by atoms with Crippen LogP contribution in [0.2, 0.25) is 0 Å². The van der Waals surface area contributed by atoms with Gasteiger partial charge < -0.3 is 0 Å². The van der Waals surface area contributed by atoms with Gasteiger partial charge in [0.05, 0.1) is 0 Å². The van der Waals surface area contributed by atoms with Gasteiger partial charge in [0.2, 0.25) is 0 Å². The molecule has 0 aromatic rings. The molecule has 1 saturated heterocycles. The number of nitrogens with zero attached hydrogens (tertiary/aromatic N) is 1. The highest BCUT2D eigenvalue weighted by atomic mass is 32.3. The molecular formula is C11H24NO4S+. The van der Waals surface area contributed by atoms with Gasteiger partial charge in [0.15, 0.2) is 0 Å². The summed E-state index contributed by atoms with van der Waals surface area (Å²) in [6, 6.07) is 0. The molecule has 0 unspecified atom stereocenters. The highest BCUT2D eigenvalue weighted by Crippen LogP contribution is 2.47. The van der Waals surface area contributed by atoms with Crippen LogP contribution in [-0.2, 0) is 14.7 Å². The lowest BCUT2D eigenvalue weighted by Gasteiger charge is -2.56. The third kappa shape index (κ3) is 2.65. The van der Waals surface area contributed by atoms with Crippen LogP contribution >= 0.6 is 0 Å². The zero-order valence-corrected chi connectivity index (χ0v) is 12.3. The number of piperidine rings is 1. The van der Waals surface area contributed by atoms with E-state index in [1.807, 2.05) is 27.7 Å². The lowest BCUT2D eigenvalue weighted by molar-refractivity contribution is -1.14. The molecule has 0 amide bonds. The van der Waals surface area contributed by atoms with E-state index in [-0.39, 0.29) is 15.7 Å². The van der Waals surface area contributed by atoms with Gasteiger partial charge in [0, 0.05) is 12.8 Å². The predicted octanol–water partition coefficient (Wildman–Crippen LogP) is 2.15. The molecule has 0 aromatic carbocycles. The highest BCUT2D eigenvalue weighted by Gasteiger charge is 2.60. The maximum Gasteiger partial charge on any atom is 0.442 e. The summed E-state index contributed by atoms with van der Waals surface area (Å²) in [6.45, 7) is 10.0. The van der Waals surface area contributed by atoms with E-state index < -0.39 is 10.4 Å². The fourth-order valence-corrected chi connectivity index (χ4v) is 4.12. The van der Waals surface area contributed by atoms with E-state index in [1.54, 1.807) is 7.05 Å². The number of likely N-dealkylation sites (tertiary alicyclic amines) is 1. The third-order valence-corrected chi connectivity index (χ3v) is 4.74. The van der Waals surface area contributed by atoms with E-state index in [2.05, 4.69) is 6.92 Å². The van der Waals surface area contributed by atoms with Gasteiger partial charge in [-0.05, 0) is 37.9 Å². The summed E-state index contributed by atoms with van der Waals surface area (Å²) in [5, 5.41) is 0. The van der Waals surface area contributed by atoms with Crippen molar-refractivity contribution >= 4 is 10.4 Å². The summed E-state index contributed by atoms with van der Waals surface area (Å²) in [4.78, 5) is 0. The predicted molar refractivity (Wildman–Crippen MR) is 65.4 cm³/mol. The van der Waals surface area contributed by atoms with Crippen molar-refractivity contribution in [3.8, 4) is 0 Å². The molecule has 1 aliphatic rings. The molecule has 1 N–H and O–H groups in total. The Balaban J connectivity index is 3.24. The highest BCUT2D eigenvalue weighted by molar-refractivity contribution is 7.80. The van der Waals surface area contributed by atoms with E-state index in [9.17, 15) is 8.42 Å². The topological polar surface area (TPSA) is 63.6 Å². The molecule has 1 fully saturated rings. The Bertz CT molecular complexity index is 382. The summed E-state index contributed by atoms with van der Waals surface area (Å²) < 4.78 is 36.0. The number of quaternary nitrogens is 1. The van der Waals surface area contributed by atoms with E-state index in [1.165, 1.54) is 0 Å². The van der Waals surface area contributed by atoms with E-state index in [0.717, 1.165) is 12.8 Å². The van der Waals surface area contributed by atoms with Gasteiger partial charge >= 0.3 is 10.4 Å². The number of hydrogen-bond acceptors (Lipinski definition) is 3. The molecule has 1 rings (SSSR count). The van der Waals surface area contributed by atoms with Crippen LogP contribution in [0.3, 0.4) is 0 Å². The summed E-state index contributed by atoms with van der Waals surface area (Å²) in [7, 11) is -2.75. The van der Waals surface area contributed by atoms with Crippen molar-refractivity contribution in [2.24, 2.45) is 5.92 Å². The second-order valence-electron chi connectivity index (χ2n) is 6.56. The van der Waals surface area contributed by atoms with Crippen molar-refractivity contribution in [2.75, 3.05) is 7.05 Å². The molecule has 17 heavy (non-hydrogen) atoms. The number of hydrogen-bond donors (Lipinski definition) is 1. The van der Waals surface area contributed by atoms with Crippen LogP contribution in [0.1, 0.15) is 47.5 Å². The minimum atomic E-state index is -4.47. The first-order valence-electron chi connectivity index (χ1n) is 5.86. The van der Waals surface area contributed by atoms with Gasteiger partial charge in [-0.15, -0.1) is 0 Å². The molecule has 0 bridgehead atoms. The van der Waals surface area contributed by atoms with Gasteiger partial charge in [-0.25, -0.2) is 0 Å². The first-order chi connectivity index (χ1) is 7.31. The monoisotopic (exact) mass is 266 g/mol. The van der Waals surface area contributed by atoms with Crippen LogP contribution in [0.15, 0.2) is 0 Å². The minimum absolute atomic E-state index is 0.136. The fraction of sp³-hybridized carbons (Fsp3) is 1.00. The van der Waals surface area contributed by atoms with Crippen molar-refractivity contribution in [1.82, 2.24) is 0 Å². The van der Waals surface area contributed by atoms with Crippen LogP contribution < -0.4 is 0 Å². The van der Waals surface area contributed by atoms with Gasteiger partial charge in [-0.1, -0.05) is 6.92 Å². The molecule has 0 aliphatic carbocycles. The van der Waals surface area contributed by atoms with E-state index in [0.29, 0.717) is 5.92 Å². The lowest BCUT2D eigenvalue weighted by Crippen LogP contribution is -2.72. The van der Waals surface area contributed by atoms with Crippen LogP contribution in [0.4, 0.5) is 0 Å². The van der Waals surface area contributed by atoms with E-state index >= 15 is 0 Å². The Labute approximate surface area is 104 Å². The molecule has 0 radical (unpaired) electrons. The standard InChI is InChI=1S/C11H23NO4S/c1-9-7-10(2,3)12(6,11(4,5)8-9)16-17(13,14)15/h9H,7-8H2,1-6H3/p+1. The van der Waals surface area contributed by atoms with Gasteiger partial charge in [-0.2, -0.15) is 13.1 Å². The zero-order valence-electron chi connectivity index (χ0n) is 11.5. The maximum absolute atomic E-state index is 11.1. The summed E-state index contributed by atoms with van der Waals surface area (Å²) in [6.07, 6.45) is 1.70. The molecule has 6 heteroatoms. The number of hydroxylamine groups is 3. The molecular weight excluding hydrogens is 242 g/mol. The van der Waals surface area contributed by atoms with Crippen molar-refractivity contribution < 1.29 is 21.9 Å². The average molecular weight is 266 g/mol. The third-order valence-electron chi connectivity index (χ3n) is 4.25. The summed E-state index contributed by atoms with van der Waals surface area (Å²) >= 11 is 0. The van der Waals surface area contributed by atoms with Crippen LogP contribution in [-0.4, -0.2) is 35.7 Å². The first kappa shape index (κ1) is 14.9. The molecule has 102 valence electrons. The number of rotatable bonds is 2. The largest absolute Gasteiger partial charge is 0.442 e. The molecule has 0 spiro atoms. The minimum Gasteiger partial charge on any atom is -0.260 e. The van der Waals surface area contributed by atoms with Crippen molar-refractivity contribution in [2.45, 2.75) is 58.5 Å². The second-order valence-corrected chi connectivity index (χ2v) is 7.57. The van der Waals surface area contributed by atoms with Crippen molar-refractivity contribution in [1.29, 1.82) is 0 Å². The van der Waals surface area contributed by atoms with Gasteiger partial charge in [-0.3, -0.25) is 4.55 Å². The fourth-order valence-electron chi connectivity index (χ4n) is 3.34. The Kier molecular flexibility index (Phi) is 3.43. The van der Waals surface area contributed by atoms with Crippen LogP contribution in [0.5, 0.6) is 0 Å². The van der Waals surface area contributed by atoms with Crippen LogP contribution in [0, 0.1) is 5.92 Å². The Morgan fingerprint density at radius 3 is 1.82 bits per heavy atom. The maximum atomic E-state index is 11.1. The molecule has 1 aliphatic heterocycles. The Hall–Kier alpha value is -0.170. The quantitative estimate of drug-likeness (QED) is 0.614. The first-order valence-corrected chi connectivity index (χ1v) is 7.23. The molecule has 0 atom stereocenters. The van der Waals surface area contributed by atoms with Crippen LogP contribution in [0.25, 0.3) is 0 Å². The lowest BCUT2D eigenvalue weighted by atomic mass is 9.74. The molecule has 0 aromatic heterocycles. The van der Waals surface area contributed by atoms with E-state index in [4.69, 9.17) is 8.84 Å². The SMILES string of the molecule is CC1CC(C)(C)[N+](C)(OS(=O)(=O)O)C(C)(C)C1. The van der Waals surface area contributed by atoms with Crippen molar-refractivity contribution in [3.05, 3.63) is 0 Å². The summed E-state index contributed by atoms with van der Waals surface area (Å²) in [5.74, 6) is 0.496. The van der Waals surface area contributed by atoms with Gasteiger partial charge in [0.25, 0.3) is 0 Å². The average Bonchev–Trinajstić information content (AvgIpc) is 1.94. The Morgan fingerprint density at radius 1 is 1.18 bits per heavy atom. The molecule has 1 heterocycles. The smallest absolute Gasteiger partial charge is 0.260 e. The molecule has 0 saturated carbocycles. The zero-order chi connectivity index (χ0) is 13.7. The van der Waals surface area contributed by atoms with Gasteiger partial charge in [0.1, 0.15) is 18.1 Å². The van der Waals surface area contributed by atoms with Crippen molar-refractivity contribution in [3.63, 3.8) is 0 Å². The normalized spacial score (nSPS) is 36.8. The molecule has 5 nitrogen and oxygen atoms in total.